The van der Waals surface area contributed by atoms with Crippen LogP contribution in [0.5, 0.6) is 0 Å². The number of carboxylic acid groups (broad SMARTS) is 1. The van der Waals surface area contributed by atoms with E-state index in [1.807, 2.05) is 6.07 Å². The Bertz CT molecular complexity index is 404. The van der Waals surface area contributed by atoms with Gasteiger partial charge >= 0.3 is 6.09 Å². The third-order valence-corrected chi connectivity index (χ3v) is 2.26. The molecule has 4 N–H and O–H groups in total. The summed E-state index contributed by atoms with van der Waals surface area (Å²) in [5, 5.41) is 16.2. The SMILES string of the molecule is CCN(Cc1cccc(C(=N)N)c1)C(=O)O. The van der Waals surface area contributed by atoms with E-state index in [4.69, 9.17) is 16.2 Å². The number of nitrogens with zero attached hydrogens (tertiary/aromatic N) is 1. The maximum absolute atomic E-state index is 10.8. The minimum atomic E-state index is -0.948. The second-order valence-electron chi connectivity index (χ2n) is 3.41. The summed E-state index contributed by atoms with van der Waals surface area (Å²) >= 11 is 0. The highest BCUT2D eigenvalue weighted by Crippen LogP contribution is 2.08. The van der Waals surface area contributed by atoms with E-state index in [1.165, 1.54) is 4.90 Å². The Balaban J connectivity index is 2.84. The fraction of sp³-hybridized carbons (Fsp3) is 0.273. The summed E-state index contributed by atoms with van der Waals surface area (Å²) in [7, 11) is 0. The number of nitrogens with two attached hydrogens (primary N) is 1. The molecule has 1 aromatic carbocycles. The number of carbonyl (C=O) groups is 1. The molecular formula is C11H15N3O2. The number of hydrogen-bond donors (Lipinski definition) is 3. The maximum Gasteiger partial charge on any atom is 0.407 e. The molecule has 0 unspecified atom stereocenters. The van der Waals surface area contributed by atoms with Gasteiger partial charge in [-0.25, -0.2) is 4.79 Å². The topological polar surface area (TPSA) is 90.4 Å². The molecule has 86 valence electrons. The molecule has 0 fully saturated rings. The standard InChI is InChI=1S/C11H15N3O2/c1-2-14(11(15)16)7-8-4-3-5-9(6-8)10(12)13/h3-6H,2,7H2,1H3,(H3,12,13)(H,15,16). The third kappa shape index (κ3) is 2.98. The monoisotopic (exact) mass is 221 g/mol. The molecule has 0 radical (unpaired) electrons. The first-order chi connectivity index (χ1) is 7.54. The number of hydrogen-bond acceptors (Lipinski definition) is 2. The smallest absolute Gasteiger partial charge is 0.407 e. The first-order valence-corrected chi connectivity index (χ1v) is 4.95. The normalized spacial score (nSPS) is 9.81. The number of amidine groups is 1. The fourth-order valence-electron chi connectivity index (χ4n) is 1.37. The highest BCUT2D eigenvalue weighted by Gasteiger charge is 2.09. The molecule has 1 rings (SSSR count). The van der Waals surface area contributed by atoms with Crippen LogP contribution >= 0.6 is 0 Å². The van der Waals surface area contributed by atoms with E-state index in [2.05, 4.69) is 0 Å². The summed E-state index contributed by atoms with van der Waals surface area (Å²) in [5.41, 5.74) is 6.80. The molecule has 0 saturated heterocycles. The van der Waals surface area contributed by atoms with Crippen molar-refractivity contribution in [3.8, 4) is 0 Å². The highest BCUT2D eigenvalue weighted by molar-refractivity contribution is 5.95. The number of benzene rings is 1. The zero-order chi connectivity index (χ0) is 12.1. The molecule has 1 aromatic rings. The molecule has 5 heteroatoms. The van der Waals surface area contributed by atoms with E-state index in [-0.39, 0.29) is 5.84 Å². The quantitative estimate of drug-likeness (QED) is 0.531. The summed E-state index contributed by atoms with van der Waals surface area (Å²) < 4.78 is 0. The Labute approximate surface area is 94.0 Å². The largest absolute Gasteiger partial charge is 0.465 e. The first-order valence-electron chi connectivity index (χ1n) is 4.95. The van der Waals surface area contributed by atoms with Crippen LogP contribution in [0.4, 0.5) is 4.79 Å². The molecular weight excluding hydrogens is 206 g/mol. The van der Waals surface area contributed by atoms with E-state index < -0.39 is 6.09 Å². The van der Waals surface area contributed by atoms with Gasteiger partial charge < -0.3 is 15.7 Å². The van der Waals surface area contributed by atoms with Crippen molar-refractivity contribution in [1.82, 2.24) is 4.90 Å². The van der Waals surface area contributed by atoms with Gasteiger partial charge in [0.05, 0.1) is 0 Å². The van der Waals surface area contributed by atoms with Gasteiger partial charge in [0.1, 0.15) is 5.84 Å². The van der Waals surface area contributed by atoms with Crippen molar-refractivity contribution in [2.24, 2.45) is 5.73 Å². The van der Waals surface area contributed by atoms with E-state index in [9.17, 15) is 4.79 Å². The lowest BCUT2D eigenvalue weighted by Crippen LogP contribution is -2.28. The summed E-state index contributed by atoms with van der Waals surface area (Å²) in [6, 6.07) is 7.04. The van der Waals surface area contributed by atoms with Crippen LogP contribution in [0.15, 0.2) is 24.3 Å². The Morgan fingerprint density at radius 1 is 1.56 bits per heavy atom. The first kappa shape index (κ1) is 12.0. The van der Waals surface area contributed by atoms with E-state index in [1.54, 1.807) is 25.1 Å². The lowest BCUT2D eigenvalue weighted by molar-refractivity contribution is 0.145. The second-order valence-corrected chi connectivity index (χ2v) is 3.41. The summed E-state index contributed by atoms with van der Waals surface area (Å²) in [4.78, 5) is 12.1. The molecule has 5 nitrogen and oxygen atoms in total. The van der Waals surface area contributed by atoms with E-state index in [0.29, 0.717) is 18.7 Å². The molecule has 0 heterocycles. The Hall–Kier alpha value is -2.04. The second kappa shape index (κ2) is 5.16. The van der Waals surface area contributed by atoms with Crippen LogP contribution in [0.3, 0.4) is 0 Å². The molecule has 0 bridgehead atoms. The number of nitrogens with one attached hydrogen (secondary N) is 1. The average Bonchev–Trinajstić information content (AvgIpc) is 2.25. The number of amides is 1. The Morgan fingerprint density at radius 2 is 2.25 bits per heavy atom. The van der Waals surface area contributed by atoms with E-state index in [0.717, 1.165) is 5.56 Å². The van der Waals surface area contributed by atoms with Gasteiger partial charge in [-0.05, 0) is 18.6 Å². The highest BCUT2D eigenvalue weighted by atomic mass is 16.4. The minimum Gasteiger partial charge on any atom is -0.465 e. The van der Waals surface area contributed by atoms with Crippen molar-refractivity contribution in [2.45, 2.75) is 13.5 Å². The molecule has 0 saturated carbocycles. The van der Waals surface area contributed by atoms with Gasteiger partial charge in [0.15, 0.2) is 0 Å². The van der Waals surface area contributed by atoms with Gasteiger partial charge in [0.25, 0.3) is 0 Å². The van der Waals surface area contributed by atoms with Gasteiger partial charge in [-0.2, -0.15) is 0 Å². The van der Waals surface area contributed by atoms with Crippen LogP contribution in [0.2, 0.25) is 0 Å². The van der Waals surface area contributed by atoms with Crippen molar-refractivity contribution in [3.05, 3.63) is 35.4 Å². The van der Waals surface area contributed by atoms with E-state index >= 15 is 0 Å². The maximum atomic E-state index is 10.8. The summed E-state index contributed by atoms with van der Waals surface area (Å²) in [6.45, 7) is 2.52. The Kier molecular flexibility index (Phi) is 3.88. The van der Waals surface area contributed by atoms with Crippen molar-refractivity contribution >= 4 is 11.9 Å². The summed E-state index contributed by atoms with van der Waals surface area (Å²) in [5.74, 6) is -0.0137. The predicted octanol–water partition coefficient (Wildman–Crippen LogP) is 1.47. The molecule has 0 atom stereocenters. The van der Waals surface area contributed by atoms with Crippen LogP contribution in [0, 0.1) is 5.41 Å². The van der Waals surface area contributed by atoms with Crippen molar-refractivity contribution in [2.75, 3.05) is 6.54 Å². The molecule has 0 aromatic heterocycles. The van der Waals surface area contributed by atoms with Crippen LogP contribution in [-0.2, 0) is 6.54 Å². The Morgan fingerprint density at radius 3 is 2.75 bits per heavy atom. The van der Waals surface area contributed by atoms with Crippen molar-refractivity contribution in [3.63, 3.8) is 0 Å². The van der Waals surface area contributed by atoms with Crippen LogP contribution in [-0.4, -0.2) is 28.5 Å². The predicted molar refractivity (Wildman–Crippen MR) is 61.6 cm³/mol. The lowest BCUT2D eigenvalue weighted by atomic mass is 10.1. The zero-order valence-corrected chi connectivity index (χ0v) is 9.10. The minimum absolute atomic E-state index is 0.0137. The zero-order valence-electron chi connectivity index (χ0n) is 9.10. The third-order valence-electron chi connectivity index (χ3n) is 2.26. The molecule has 1 amide bonds. The molecule has 0 spiro atoms. The number of rotatable bonds is 4. The molecule has 0 aliphatic carbocycles. The van der Waals surface area contributed by atoms with Crippen LogP contribution in [0.25, 0.3) is 0 Å². The van der Waals surface area contributed by atoms with Crippen LogP contribution in [0.1, 0.15) is 18.1 Å². The van der Waals surface area contributed by atoms with Gasteiger partial charge in [-0.3, -0.25) is 5.41 Å². The lowest BCUT2D eigenvalue weighted by Gasteiger charge is -2.17. The van der Waals surface area contributed by atoms with Gasteiger partial charge in [-0.1, -0.05) is 18.2 Å². The molecule has 16 heavy (non-hydrogen) atoms. The van der Waals surface area contributed by atoms with Gasteiger partial charge in [0, 0.05) is 18.7 Å². The van der Waals surface area contributed by atoms with Crippen molar-refractivity contribution in [1.29, 1.82) is 5.41 Å². The van der Waals surface area contributed by atoms with Gasteiger partial charge in [0.2, 0.25) is 0 Å². The summed E-state index contributed by atoms with van der Waals surface area (Å²) in [6.07, 6.45) is -0.948. The van der Waals surface area contributed by atoms with Crippen molar-refractivity contribution < 1.29 is 9.90 Å². The van der Waals surface area contributed by atoms with Crippen LogP contribution < -0.4 is 5.73 Å². The number of nitrogen functional groups attached to an aromatic ring is 1. The molecule has 0 aliphatic rings. The molecule has 0 aliphatic heterocycles. The average molecular weight is 221 g/mol. The van der Waals surface area contributed by atoms with Gasteiger partial charge in [-0.15, -0.1) is 0 Å². The fourth-order valence-corrected chi connectivity index (χ4v) is 1.37.